The summed E-state index contributed by atoms with van der Waals surface area (Å²) in [6.07, 6.45) is 3.85. The van der Waals surface area contributed by atoms with Gasteiger partial charge in [0.15, 0.2) is 0 Å². The van der Waals surface area contributed by atoms with E-state index < -0.39 is 0 Å². The van der Waals surface area contributed by atoms with E-state index in [0.717, 1.165) is 37.8 Å². The number of hydrogen-bond acceptors (Lipinski definition) is 3. The molecule has 3 rings (SSSR count). The molecule has 1 heterocycles. The van der Waals surface area contributed by atoms with Crippen molar-refractivity contribution in [2.24, 2.45) is 0 Å². The molecule has 0 spiro atoms. The maximum atomic E-state index is 10.5. The summed E-state index contributed by atoms with van der Waals surface area (Å²) in [7, 11) is 0. The lowest BCUT2D eigenvalue weighted by atomic mass is 9.62. The highest BCUT2D eigenvalue weighted by atomic mass is 16.3. The Labute approximate surface area is 101 Å². The monoisotopic (exact) mass is 233 g/mol. The van der Waals surface area contributed by atoms with E-state index >= 15 is 0 Å². The molecule has 0 unspecified atom stereocenters. The highest BCUT2D eigenvalue weighted by Crippen LogP contribution is 2.45. The van der Waals surface area contributed by atoms with Crippen LogP contribution in [0.15, 0.2) is 24.3 Å². The second kappa shape index (κ2) is 4.00. The molecule has 2 bridgehead atoms. The summed E-state index contributed by atoms with van der Waals surface area (Å²) in [4.78, 5) is 0. The van der Waals surface area contributed by atoms with Crippen LogP contribution in [0, 0.1) is 0 Å². The average Bonchev–Trinajstić information content (AvgIpc) is 2.29. The van der Waals surface area contributed by atoms with Crippen molar-refractivity contribution < 1.29 is 10.2 Å². The van der Waals surface area contributed by atoms with Crippen LogP contribution in [0.25, 0.3) is 0 Å². The summed E-state index contributed by atoms with van der Waals surface area (Å²) in [5, 5.41) is 23.6. The summed E-state index contributed by atoms with van der Waals surface area (Å²) >= 11 is 0. The zero-order chi connectivity index (χ0) is 11.9. The molecule has 1 aromatic carbocycles. The molecule has 17 heavy (non-hydrogen) atoms. The van der Waals surface area contributed by atoms with Gasteiger partial charge in [0.1, 0.15) is 5.75 Å². The fourth-order valence-electron chi connectivity index (χ4n) is 3.57. The van der Waals surface area contributed by atoms with Crippen molar-refractivity contribution in [1.82, 2.24) is 5.32 Å². The van der Waals surface area contributed by atoms with Gasteiger partial charge in [-0.3, -0.25) is 0 Å². The molecule has 92 valence electrons. The first-order valence-corrected chi connectivity index (χ1v) is 6.43. The van der Waals surface area contributed by atoms with Crippen LogP contribution in [0.3, 0.4) is 0 Å². The Morgan fingerprint density at radius 2 is 2.18 bits per heavy atom. The van der Waals surface area contributed by atoms with E-state index in [2.05, 4.69) is 5.32 Å². The molecule has 2 fully saturated rings. The number of aliphatic hydroxyl groups excluding tert-OH is 1. The second-order valence-electron chi connectivity index (χ2n) is 5.35. The fourth-order valence-corrected chi connectivity index (χ4v) is 3.57. The Balaban J connectivity index is 2.03. The first-order chi connectivity index (χ1) is 8.22. The molecular weight excluding hydrogens is 214 g/mol. The number of rotatable bonds is 1. The van der Waals surface area contributed by atoms with Crippen LogP contribution >= 0.6 is 0 Å². The molecular formula is C14H19NO2. The molecule has 3 N–H and O–H groups in total. The Hall–Kier alpha value is -1.06. The molecule has 3 nitrogen and oxygen atoms in total. The zero-order valence-corrected chi connectivity index (χ0v) is 9.89. The maximum absolute atomic E-state index is 10.5. The van der Waals surface area contributed by atoms with Gasteiger partial charge in [-0.05, 0) is 43.5 Å². The van der Waals surface area contributed by atoms with E-state index in [0.29, 0.717) is 5.75 Å². The van der Waals surface area contributed by atoms with Crippen molar-refractivity contribution in [2.45, 2.75) is 43.2 Å². The number of aliphatic hydroxyl groups is 1. The summed E-state index contributed by atoms with van der Waals surface area (Å²) < 4.78 is 0. The third kappa shape index (κ3) is 1.65. The Bertz CT molecular complexity index is 408. The molecule has 2 aliphatic rings. The predicted molar refractivity (Wildman–Crippen MR) is 66.1 cm³/mol. The van der Waals surface area contributed by atoms with Crippen LogP contribution in [0.1, 0.15) is 31.2 Å². The second-order valence-corrected chi connectivity index (χ2v) is 5.35. The third-order valence-corrected chi connectivity index (χ3v) is 4.48. The molecule has 3 atom stereocenters. The number of fused-ring (bicyclic) bond motifs is 2. The summed E-state index contributed by atoms with van der Waals surface area (Å²) in [6.45, 7) is 0.956. The molecule has 3 heteroatoms. The first kappa shape index (κ1) is 11.1. The van der Waals surface area contributed by atoms with Crippen LogP contribution in [0.4, 0.5) is 0 Å². The van der Waals surface area contributed by atoms with Gasteiger partial charge in [0.2, 0.25) is 0 Å². The van der Waals surface area contributed by atoms with Gasteiger partial charge in [0.05, 0.1) is 6.10 Å². The zero-order valence-electron chi connectivity index (χ0n) is 9.89. The quantitative estimate of drug-likeness (QED) is 0.689. The molecule has 1 saturated carbocycles. The van der Waals surface area contributed by atoms with Gasteiger partial charge in [0, 0.05) is 11.5 Å². The molecule has 1 saturated heterocycles. The lowest BCUT2D eigenvalue weighted by molar-refractivity contribution is -0.0140. The number of hydrogen-bond donors (Lipinski definition) is 3. The van der Waals surface area contributed by atoms with Gasteiger partial charge >= 0.3 is 0 Å². The van der Waals surface area contributed by atoms with Gasteiger partial charge in [-0.25, -0.2) is 0 Å². The van der Waals surface area contributed by atoms with E-state index in [9.17, 15) is 10.2 Å². The first-order valence-electron chi connectivity index (χ1n) is 6.43. The van der Waals surface area contributed by atoms with E-state index in [-0.39, 0.29) is 17.6 Å². The van der Waals surface area contributed by atoms with Crippen LogP contribution in [0.5, 0.6) is 5.75 Å². The largest absolute Gasteiger partial charge is 0.508 e. The predicted octanol–water partition coefficient (Wildman–Crippen LogP) is 1.54. The maximum Gasteiger partial charge on any atom is 0.115 e. The number of benzene rings is 1. The van der Waals surface area contributed by atoms with Gasteiger partial charge in [-0.2, -0.15) is 0 Å². The van der Waals surface area contributed by atoms with Crippen LogP contribution in [-0.4, -0.2) is 28.9 Å². The molecule has 0 aromatic heterocycles. The van der Waals surface area contributed by atoms with Crippen molar-refractivity contribution >= 4 is 0 Å². The summed E-state index contributed by atoms with van der Waals surface area (Å²) in [5.41, 5.74) is 0.948. The third-order valence-electron chi connectivity index (χ3n) is 4.48. The van der Waals surface area contributed by atoms with Crippen molar-refractivity contribution in [3.05, 3.63) is 29.8 Å². The van der Waals surface area contributed by atoms with Gasteiger partial charge in [-0.15, -0.1) is 0 Å². The molecule has 0 amide bonds. The van der Waals surface area contributed by atoms with E-state index in [1.807, 2.05) is 18.2 Å². The van der Waals surface area contributed by atoms with Crippen LogP contribution in [0.2, 0.25) is 0 Å². The number of nitrogens with one attached hydrogen (secondary N) is 1. The lowest BCUT2D eigenvalue weighted by Crippen LogP contribution is -2.60. The topological polar surface area (TPSA) is 52.5 Å². The minimum Gasteiger partial charge on any atom is -0.508 e. The fraction of sp³-hybridized carbons (Fsp3) is 0.571. The average molecular weight is 233 g/mol. The van der Waals surface area contributed by atoms with Crippen molar-refractivity contribution in [3.63, 3.8) is 0 Å². The van der Waals surface area contributed by atoms with Crippen molar-refractivity contribution in [1.29, 1.82) is 0 Å². The van der Waals surface area contributed by atoms with Crippen LogP contribution in [-0.2, 0) is 5.41 Å². The van der Waals surface area contributed by atoms with Crippen molar-refractivity contribution in [3.8, 4) is 5.75 Å². The molecule has 1 aromatic rings. The molecule has 0 radical (unpaired) electrons. The van der Waals surface area contributed by atoms with E-state index in [1.54, 1.807) is 6.07 Å². The Morgan fingerprint density at radius 1 is 1.29 bits per heavy atom. The van der Waals surface area contributed by atoms with E-state index in [1.165, 1.54) is 0 Å². The molecule has 1 aliphatic heterocycles. The minimum absolute atomic E-state index is 0.146. The normalized spacial score (nSPS) is 36.8. The summed E-state index contributed by atoms with van der Waals surface area (Å²) in [6, 6.07) is 7.64. The van der Waals surface area contributed by atoms with Gasteiger partial charge in [0.25, 0.3) is 0 Å². The number of phenolic OH excluding ortho intramolecular Hbond substituents is 1. The number of piperidine rings is 1. The SMILES string of the molecule is Oc1cccc([C@]23CCC[C@H](NCC2)[C@@H]3O)c1. The minimum atomic E-state index is -0.327. The van der Waals surface area contributed by atoms with Crippen LogP contribution < -0.4 is 5.32 Å². The Kier molecular flexibility index (Phi) is 2.60. The number of phenols is 1. The van der Waals surface area contributed by atoms with E-state index in [4.69, 9.17) is 0 Å². The number of aromatic hydroxyl groups is 1. The highest BCUT2D eigenvalue weighted by Gasteiger charge is 2.48. The molecule has 1 aliphatic carbocycles. The van der Waals surface area contributed by atoms with Gasteiger partial charge in [-0.1, -0.05) is 18.6 Å². The highest BCUT2D eigenvalue weighted by molar-refractivity contribution is 5.36. The summed E-state index contributed by atoms with van der Waals surface area (Å²) in [5.74, 6) is 0.296. The van der Waals surface area contributed by atoms with Crippen molar-refractivity contribution in [2.75, 3.05) is 6.54 Å². The lowest BCUT2D eigenvalue weighted by Gasteiger charge is -2.50. The standard InChI is InChI=1S/C14H19NO2/c16-11-4-1-3-10(9-11)14-6-2-5-12(13(14)17)15-8-7-14/h1,3-4,9,12-13,15-17H,2,5-8H2/t12-,13-,14-/m0/s1. The Morgan fingerprint density at radius 3 is 3.00 bits per heavy atom. The smallest absolute Gasteiger partial charge is 0.115 e. The van der Waals surface area contributed by atoms with Gasteiger partial charge < -0.3 is 15.5 Å².